The molecule has 0 aromatic carbocycles. The fourth-order valence-corrected chi connectivity index (χ4v) is 2.87. The van der Waals surface area contributed by atoms with Crippen molar-refractivity contribution >= 4 is 0 Å². The zero-order valence-electron chi connectivity index (χ0n) is 13.0. The summed E-state index contributed by atoms with van der Waals surface area (Å²) in [5.41, 5.74) is 0. The normalized spacial score (nSPS) is 19.4. The number of nitrogens with one attached hydrogen (secondary N) is 1. The summed E-state index contributed by atoms with van der Waals surface area (Å²) in [5, 5.41) is 15.7. The van der Waals surface area contributed by atoms with E-state index in [0.717, 1.165) is 45.0 Å². The average molecular weight is 280 g/mol. The van der Waals surface area contributed by atoms with Gasteiger partial charge in [0.2, 0.25) is 0 Å². The molecule has 0 saturated carbocycles. The van der Waals surface area contributed by atoms with E-state index in [9.17, 15) is 0 Å². The number of rotatable bonds is 8. The lowest BCUT2D eigenvalue weighted by atomic mass is 10.1. The zero-order chi connectivity index (χ0) is 14.4. The molecule has 1 unspecified atom stereocenters. The van der Waals surface area contributed by atoms with Crippen LogP contribution in [0.5, 0.6) is 0 Å². The molecule has 1 aliphatic heterocycles. The molecule has 1 N–H and O–H groups in total. The summed E-state index contributed by atoms with van der Waals surface area (Å²) < 4.78 is 1.94. The van der Waals surface area contributed by atoms with E-state index < -0.39 is 0 Å². The van der Waals surface area contributed by atoms with E-state index in [1.54, 1.807) is 0 Å². The molecule has 1 aromatic rings. The highest BCUT2D eigenvalue weighted by molar-refractivity contribution is 4.85. The lowest BCUT2D eigenvalue weighted by molar-refractivity contribution is 0.207. The minimum atomic E-state index is 0.629. The minimum Gasteiger partial charge on any atom is -0.313 e. The van der Waals surface area contributed by atoms with Crippen LogP contribution in [-0.4, -0.2) is 50.8 Å². The maximum absolute atomic E-state index is 4.20. The van der Waals surface area contributed by atoms with E-state index in [4.69, 9.17) is 0 Å². The van der Waals surface area contributed by atoms with Gasteiger partial charge in [-0.05, 0) is 42.2 Å². The van der Waals surface area contributed by atoms with Crippen molar-refractivity contribution in [1.29, 1.82) is 0 Å². The van der Waals surface area contributed by atoms with Crippen molar-refractivity contribution in [3.05, 3.63) is 5.82 Å². The minimum absolute atomic E-state index is 0.629. The molecule has 2 heterocycles. The summed E-state index contributed by atoms with van der Waals surface area (Å²) in [6.07, 6.45) is 3.65. The molecule has 1 saturated heterocycles. The van der Waals surface area contributed by atoms with Gasteiger partial charge in [-0.1, -0.05) is 20.8 Å². The highest BCUT2D eigenvalue weighted by atomic mass is 15.5. The van der Waals surface area contributed by atoms with Crippen LogP contribution in [0.3, 0.4) is 0 Å². The van der Waals surface area contributed by atoms with Crippen LogP contribution in [0, 0.1) is 5.92 Å². The van der Waals surface area contributed by atoms with Crippen molar-refractivity contribution in [1.82, 2.24) is 30.4 Å². The molecule has 0 bridgehead atoms. The van der Waals surface area contributed by atoms with Crippen LogP contribution in [0.25, 0.3) is 0 Å². The van der Waals surface area contributed by atoms with Crippen LogP contribution in [0.1, 0.15) is 45.9 Å². The van der Waals surface area contributed by atoms with Gasteiger partial charge in [-0.3, -0.25) is 4.90 Å². The monoisotopic (exact) mass is 280 g/mol. The van der Waals surface area contributed by atoms with E-state index in [1.165, 1.54) is 12.8 Å². The Labute approximate surface area is 121 Å². The maximum atomic E-state index is 4.20. The first-order valence-corrected chi connectivity index (χ1v) is 7.89. The number of aryl methyl sites for hydroxylation is 1. The van der Waals surface area contributed by atoms with Crippen molar-refractivity contribution in [2.75, 3.05) is 19.6 Å². The van der Waals surface area contributed by atoms with Crippen molar-refractivity contribution in [2.45, 2.75) is 59.2 Å². The lowest BCUT2D eigenvalue weighted by Crippen LogP contribution is -2.39. The highest BCUT2D eigenvalue weighted by Crippen LogP contribution is 2.11. The van der Waals surface area contributed by atoms with Gasteiger partial charge in [-0.25, -0.2) is 4.68 Å². The van der Waals surface area contributed by atoms with Gasteiger partial charge in [-0.2, -0.15) is 0 Å². The van der Waals surface area contributed by atoms with Crippen molar-refractivity contribution < 1.29 is 0 Å². The molecule has 1 atom stereocenters. The average Bonchev–Trinajstić information content (AvgIpc) is 3.02. The van der Waals surface area contributed by atoms with Gasteiger partial charge >= 0.3 is 0 Å². The first-order chi connectivity index (χ1) is 9.69. The third-order valence-corrected chi connectivity index (χ3v) is 3.67. The second kappa shape index (κ2) is 7.69. The van der Waals surface area contributed by atoms with E-state index in [-0.39, 0.29) is 0 Å². The summed E-state index contributed by atoms with van der Waals surface area (Å²) in [6, 6.07) is 0.629. The Morgan fingerprint density at radius 3 is 2.95 bits per heavy atom. The Morgan fingerprint density at radius 2 is 2.30 bits per heavy atom. The summed E-state index contributed by atoms with van der Waals surface area (Å²) in [6.45, 7) is 11.8. The topological polar surface area (TPSA) is 58.9 Å². The molecular weight excluding hydrogens is 252 g/mol. The second-order valence-electron chi connectivity index (χ2n) is 6.20. The summed E-state index contributed by atoms with van der Waals surface area (Å²) in [5.74, 6) is 1.65. The molecule has 1 aliphatic rings. The Kier molecular flexibility index (Phi) is 5.91. The van der Waals surface area contributed by atoms with Crippen LogP contribution in [-0.2, 0) is 13.1 Å². The molecule has 1 aromatic heterocycles. The third-order valence-electron chi connectivity index (χ3n) is 3.67. The van der Waals surface area contributed by atoms with Crippen molar-refractivity contribution in [3.63, 3.8) is 0 Å². The van der Waals surface area contributed by atoms with Crippen LogP contribution < -0.4 is 5.32 Å². The maximum Gasteiger partial charge on any atom is 0.165 e. The van der Waals surface area contributed by atoms with Crippen molar-refractivity contribution in [3.8, 4) is 0 Å². The fraction of sp³-hybridized carbons (Fsp3) is 0.929. The fourth-order valence-electron chi connectivity index (χ4n) is 2.87. The summed E-state index contributed by atoms with van der Waals surface area (Å²) in [4.78, 5) is 2.49. The third kappa shape index (κ3) is 4.52. The smallest absolute Gasteiger partial charge is 0.165 e. The lowest BCUT2D eigenvalue weighted by Gasteiger charge is -2.26. The van der Waals surface area contributed by atoms with E-state index >= 15 is 0 Å². The van der Waals surface area contributed by atoms with Crippen LogP contribution in [0.2, 0.25) is 0 Å². The molecule has 1 fully saturated rings. The van der Waals surface area contributed by atoms with Gasteiger partial charge in [0, 0.05) is 25.7 Å². The molecule has 0 radical (unpaired) electrons. The molecule has 0 aliphatic carbocycles. The predicted octanol–water partition coefficient (Wildman–Crippen LogP) is 1.29. The SMILES string of the molecule is CCCn1nnnc1CN(CC(C)C)CC1CCCN1. The summed E-state index contributed by atoms with van der Waals surface area (Å²) >= 11 is 0. The number of hydrogen-bond acceptors (Lipinski definition) is 5. The highest BCUT2D eigenvalue weighted by Gasteiger charge is 2.20. The Morgan fingerprint density at radius 1 is 1.45 bits per heavy atom. The second-order valence-corrected chi connectivity index (χ2v) is 6.20. The van der Waals surface area contributed by atoms with Gasteiger partial charge in [0.05, 0.1) is 6.54 Å². The van der Waals surface area contributed by atoms with Gasteiger partial charge in [0.15, 0.2) is 5.82 Å². The quantitative estimate of drug-likeness (QED) is 0.777. The van der Waals surface area contributed by atoms with Gasteiger partial charge < -0.3 is 5.32 Å². The van der Waals surface area contributed by atoms with Gasteiger partial charge in [0.1, 0.15) is 0 Å². The number of hydrogen-bond donors (Lipinski definition) is 1. The van der Waals surface area contributed by atoms with Gasteiger partial charge in [-0.15, -0.1) is 5.10 Å². The predicted molar refractivity (Wildman–Crippen MR) is 79.2 cm³/mol. The molecule has 2 rings (SSSR count). The molecule has 20 heavy (non-hydrogen) atoms. The Balaban J connectivity index is 1.96. The van der Waals surface area contributed by atoms with Crippen LogP contribution in [0.15, 0.2) is 0 Å². The molecule has 0 amide bonds. The van der Waals surface area contributed by atoms with Crippen LogP contribution >= 0.6 is 0 Å². The number of nitrogens with zero attached hydrogens (tertiary/aromatic N) is 5. The first-order valence-electron chi connectivity index (χ1n) is 7.89. The molecule has 0 spiro atoms. The van der Waals surface area contributed by atoms with E-state index in [0.29, 0.717) is 12.0 Å². The Bertz CT molecular complexity index is 383. The summed E-state index contributed by atoms with van der Waals surface area (Å²) in [7, 11) is 0. The molecule has 6 heteroatoms. The number of aromatic nitrogens is 4. The molecule has 6 nitrogen and oxygen atoms in total. The standard InChI is InChI=1S/C14H28N6/c1-4-8-20-14(16-17-18-20)11-19(9-12(2)3)10-13-6-5-7-15-13/h12-13,15H,4-11H2,1-3H3. The Hall–Kier alpha value is -1.01. The largest absolute Gasteiger partial charge is 0.313 e. The number of tetrazole rings is 1. The van der Waals surface area contributed by atoms with Gasteiger partial charge in [0.25, 0.3) is 0 Å². The molecule has 114 valence electrons. The van der Waals surface area contributed by atoms with Crippen LogP contribution in [0.4, 0.5) is 0 Å². The van der Waals surface area contributed by atoms with E-state index in [1.807, 2.05) is 4.68 Å². The van der Waals surface area contributed by atoms with Crippen molar-refractivity contribution in [2.24, 2.45) is 5.92 Å². The molecular formula is C14H28N6. The zero-order valence-corrected chi connectivity index (χ0v) is 13.0. The van der Waals surface area contributed by atoms with E-state index in [2.05, 4.69) is 46.5 Å². The first kappa shape index (κ1) is 15.4.